The van der Waals surface area contributed by atoms with Crippen LogP contribution in [0, 0.1) is 5.82 Å². The molecular formula is C61H68Cl2FN11O9. The first-order chi connectivity index (χ1) is 40.6. The first-order valence-electron chi connectivity index (χ1n) is 28.0. The lowest BCUT2D eigenvalue weighted by Crippen LogP contribution is -2.56. The highest BCUT2D eigenvalue weighted by Crippen LogP contribution is 2.47. The number of anilines is 2. The summed E-state index contributed by atoms with van der Waals surface area (Å²) in [4.78, 5) is 74.4. The SMILES string of the molecule is COc1ccc(C2=N[C@@H](c3ccc(Cl)cc3)[C@@H](c3ccc(Cl)cc3)N2C(=O)N2CCN(CCOCCOCCC(=O)NCCn3nc4c(c3OC)-c3cnc(N)c(c3)N3CCC[C@@H]3c3cc(F)ccc3C(=O)N(C)C4)C(=O)C2)c(OC(C)C)c1. The summed E-state index contributed by atoms with van der Waals surface area (Å²) in [6.07, 6.45) is 3.07. The Kier molecular flexibility index (Phi) is 18.5. The van der Waals surface area contributed by atoms with Crippen LogP contribution in [0.4, 0.5) is 20.7 Å². The van der Waals surface area contributed by atoms with Gasteiger partial charge in [0.1, 0.15) is 41.6 Å². The number of pyridine rings is 1. The molecule has 6 aromatic rings. The summed E-state index contributed by atoms with van der Waals surface area (Å²) in [6, 6.07) is 24.5. The molecular weight excluding hydrogens is 1120 g/mol. The van der Waals surface area contributed by atoms with Gasteiger partial charge in [0.25, 0.3) is 5.91 Å². The van der Waals surface area contributed by atoms with Gasteiger partial charge < -0.3 is 54.3 Å². The molecule has 4 aliphatic heterocycles. The summed E-state index contributed by atoms with van der Waals surface area (Å²) in [5.74, 6) is 1.01. The number of methoxy groups -OCH3 is 2. The van der Waals surface area contributed by atoms with Crippen LogP contribution in [-0.4, -0.2) is 157 Å². The van der Waals surface area contributed by atoms with Crippen LogP contribution in [0.25, 0.3) is 11.1 Å². The third kappa shape index (κ3) is 12.9. The number of piperazine rings is 1. The van der Waals surface area contributed by atoms with Gasteiger partial charge in [-0.25, -0.2) is 18.9 Å². The minimum absolute atomic E-state index is 0.0971. The second kappa shape index (κ2) is 26.3. The van der Waals surface area contributed by atoms with Crippen LogP contribution >= 0.6 is 23.2 Å². The van der Waals surface area contributed by atoms with Gasteiger partial charge in [0.05, 0.1) is 94.4 Å². The van der Waals surface area contributed by atoms with E-state index in [1.54, 1.807) is 81.0 Å². The number of benzene rings is 4. The fourth-order valence-corrected chi connectivity index (χ4v) is 11.6. The van der Waals surface area contributed by atoms with Crippen molar-refractivity contribution in [2.45, 2.75) is 70.4 Å². The van der Waals surface area contributed by atoms with E-state index in [1.165, 1.54) is 25.3 Å². The molecule has 2 aromatic heterocycles. The number of aromatic nitrogens is 3. The molecule has 0 spiro atoms. The van der Waals surface area contributed by atoms with Crippen molar-refractivity contribution in [3.8, 4) is 28.5 Å². The number of halogens is 3. The zero-order valence-electron chi connectivity index (χ0n) is 47.6. The maximum Gasteiger partial charge on any atom is 0.326 e. The number of amidine groups is 1. The van der Waals surface area contributed by atoms with Gasteiger partial charge in [-0.15, -0.1) is 0 Å². The predicted molar refractivity (Wildman–Crippen MR) is 316 cm³/mol. The summed E-state index contributed by atoms with van der Waals surface area (Å²) in [7, 11) is 4.80. The Hall–Kier alpha value is -7.98. The van der Waals surface area contributed by atoms with Gasteiger partial charge in [-0.1, -0.05) is 47.5 Å². The average molecular weight is 1190 g/mol. The largest absolute Gasteiger partial charge is 0.497 e. The number of hydrogen-bond donors (Lipinski definition) is 2. The van der Waals surface area contributed by atoms with Gasteiger partial charge in [-0.2, -0.15) is 5.10 Å². The summed E-state index contributed by atoms with van der Waals surface area (Å²) in [5, 5.41) is 8.91. The third-order valence-corrected chi connectivity index (χ3v) is 15.8. The highest BCUT2D eigenvalue weighted by atomic mass is 35.5. The van der Waals surface area contributed by atoms with E-state index < -0.39 is 23.9 Å². The van der Waals surface area contributed by atoms with E-state index in [2.05, 4.69) is 15.2 Å². The van der Waals surface area contributed by atoms with E-state index >= 15 is 4.79 Å². The number of nitrogens with two attached hydrogens (primary N) is 1. The number of rotatable bonds is 19. The van der Waals surface area contributed by atoms with E-state index in [1.807, 2.05) is 50.2 Å². The van der Waals surface area contributed by atoms with Crippen LogP contribution in [-0.2, 0) is 32.2 Å². The normalized spacial score (nSPS) is 17.8. The Morgan fingerprint density at radius 2 is 1.56 bits per heavy atom. The van der Waals surface area contributed by atoms with Gasteiger partial charge >= 0.3 is 6.03 Å². The smallest absolute Gasteiger partial charge is 0.326 e. The molecule has 0 unspecified atom stereocenters. The van der Waals surface area contributed by atoms with Crippen molar-refractivity contribution in [3.05, 3.63) is 147 Å². The summed E-state index contributed by atoms with van der Waals surface area (Å²) in [6.45, 7) is 6.58. The molecule has 0 aliphatic carbocycles. The topological polar surface area (TPSA) is 212 Å². The van der Waals surface area contributed by atoms with Gasteiger partial charge in [0.2, 0.25) is 17.7 Å². The predicted octanol–water partition coefficient (Wildman–Crippen LogP) is 8.75. The minimum atomic E-state index is -0.635. The Labute approximate surface area is 497 Å². The van der Waals surface area contributed by atoms with Crippen LogP contribution in [0.3, 0.4) is 0 Å². The number of aliphatic imine (C=N–C) groups is 1. The van der Waals surface area contributed by atoms with Crippen molar-refractivity contribution in [1.29, 1.82) is 0 Å². The van der Waals surface area contributed by atoms with Gasteiger partial charge in [-0.3, -0.25) is 24.3 Å². The molecule has 10 rings (SSSR count). The van der Waals surface area contributed by atoms with Crippen molar-refractivity contribution in [1.82, 2.24) is 39.7 Å². The number of fused-ring (bicyclic) bond motifs is 8. The molecule has 6 heterocycles. The number of nitrogen functional groups attached to an aromatic ring is 1. The summed E-state index contributed by atoms with van der Waals surface area (Å²) >= 11 is 12.7. The molecule has 23 heteroatoms. The maximum atomic E-state index is 15.1. The van der Waals surface area contributed by atoms with E-state index in [0.717, 1.165) is 17.5 Å². The molecule has 442 valence electrons. The second-order valence-corrected chi connectivity index (χ2v) is 22.1. The number of nitrogens with zero attached hydrogens (tertiary/aromatic N) is 9. The monoisotopic (exact) mass is 1190 g/mol. The number of ether oxygens (including phenoxy) is 5. The number of nitrogens with one attached hydrogen (secondary N) is 1. The first-order valence-corrected chi connectivity index (χ1v) is 28.8. The Balaban J connectivity index is 0.712. The number of carbonyl (C=O) groups is 4. The number of carbonyl (C=O) groups excluding carboxylic acids is 4. The lowest BCUT2D eigenvalue weighted by atomic mass is 9.93. The fourth-order valence-electron chi connectivity index (χ4n) is 11.3. The van der Waals surface area contributed by atoms with Crippen molar-refractivity contribution >= 4 is 64.3 Å². The molecule has 5 amide bonds. The van der Waals surface area contributed by atoms with Crippen LogP contribution in [0.5, 0.6) is 17.4 Å². The van der Waals surface area contributed by atoms with E-state index in [4.69, 9.17) is 62.7 Å². The minimum Gasteiger partial charge on any atom is -0.497 e. The third-order valence-electron chi connectivity index (χ3n) is 15.3. The second-order valence-electron chi connectivity index (χ2n) is 21.2. The zero-order valence-corrected chi connectivity index (χ0v) is 49.1. The summed E-state index contributed by atoms with van der Waals surface area (Å²) in [5.41, 5.74) is 12.2. The average Bonchev–Trinajstić information content (AvgIpc) is 2.47. The zero-order chi connectivity index (χ0) is 59.2. The highest BCUT2D eigenvalue weighted by molar-refractivity contribution is 6.30. The molecule has 0 saturated carbocycles. The molecule has 20 nitrogen and oxygen atoms in total. The Bertz CT molecular complexity index is 3420. The van der Waals surface area contributed by atoms with E-state index in [-0.39, 0.29) is 102 Å². The van der Waals surface area contributed by atoms with Crippen LogP contribution < -0.4 is 30.2 Å². The molecule has 2 fully saturated rings. The molecule has 4 aromatic carbocycles. The molecule has 2 saturated heterocycles. The molecule has 3 N–H and O–H groups in total. The quantitative estimate of drug-likeness (QED) is 0.0728. The first kappa shape index (κ1) is 59.2. The van der Waals surface area contributed by atoms with Crippen molar-refractivity contribution < 1.29 is 47.3 Å². The Morgan fingerprint density at radius 1 is 0.833 bits per heavy atom. The van der Waals surface area contributed by atoms with Crippen molar-refractivity contribution in [3.63, 3.8) is 0 Å². The maximum absolute atomic E-state index is 15.1. The lowest BCUT2D eigenvalue weighted by molar-refractivity contribution is -0.135. The van der Waals surface area contributed by atoms with Crippen molar-refractivity contribution in [2.24, 2.45) is 4.99 Å². The molecule has 84 heavy (non-hydrogen) atoms. The van der Waals surface area contributed by atoms with Crippen LogP contribution in [0.1, 0.15) is 89.5 Å². The van der Waals surface area contributed by atoms with Gasteiger partial charge in [0, 0.05) is 79.6 Å². The van der Waals surface area contributed by atoms with E-state index in [0.29, 0.717) is 97.8 Å². The number of hydrogen-bond acceptors (Lipinski definition) is 14. The summed E-state index contributed by atoms with van der Waals surface area (Å²) < 4.78 is 45.9. The molecule has 4 aliphatic rings. The van der Waals surface area contributed by atoms with Crippen LogP contribution in [0.2, 0.25) is 10.0 Å². The standard InChI is InChI=1S/C61H68Cl2FN11O9/c1-37(2)84-51-33-44(80-4)17-19-46(51)58-68-55(38-8-12-41(62)13-9-38)56(39-10-14-42(63)15-11-39)75(58)61(79)72-25-24-71(53(77)36-72)26-28-83-30-29-82-27-20-52(76)66-21-23-74-60(81-5)54-40-31-50(57(65)67-34-40)73-22-6-7-49(73)47-32-43(64)16-18-45(47)59(78)70(3)35-48(54)69-74/h8-19,31-34,37,49,55-56H,6-7,20-30,35-36H2,1-5H3,(H2,65,67)(H,66,76)/t49-,55+,56-/m1/s1. The fraction of sp³-hybridized carbons (Fsp3) is 0.393. The number of amides is 5. The van der Waals surface area contributed by atoms with E-state index in [9.17, 15) is 18.8 Å². The highest BCUT2D eigenvalue weighted by Gasteiger charge is 2.46. The Morgan fingerprint density at radius 3 is 2.27 bits per heavy atom. The molecule has 0 radical (unpaired) electrons. The lowest BCUT2D eigenvalue weighted by Gasteiger charge is -2.38. The molecule has 3 atom stereocenters. The van der Waals surface area contributed by atoms with Crippen LogP contribution in [0.15, 0.2) is 102 Å². The van der Waals surface area contributed by atoms with Crippen molar-refractivity contribution in [2.75, 3.05) is 97.6 Å². The van der Waals surface area contributed by atoms with Gasteiger partial charge in [0.15, 0.2) is 0 Å². The molecule has 2 bridgehead atoms. The van der Waals surface area contributed by atoms with Gasteiger partial charge in [-0.05, 0) is 104 Å². The number of urea groups is 1.